The maximum atomic E-state index is 12.3. The third-order valence-electron chi connectivity index (χ3n) is 4.14. The zero-order chi connectivity index (χ0) is 19.8. The highest BCUT2D eigenvalue weighted by Gasteiger charge is 2.06. The van der Waals surface area contributed by atoms with Gasteiger partial charge in [0.2, 0.25) is 5.95 Å². The highest BCUT2D eigenvalue weighted by atomic mass is 32.2. The van der Waals surface area contributed by atoms with Gasteiger partial charge in [0.15, 0.2) is 0 Å². The lowest BCUT2D eigenvalue weighted by atomic mass is 10.1. The summed E-state index contributed by atoms with van der Waals surface area (Å²) in [5.74, 6) is 2.77. The Kier molecular flexibility index (Phi) is 7.10. The van der Waals surface area contributed by atoms with E-state index in [1.807, 2.05) is 24.3 Å². The number of thioether (sulfide) groups is 1. The zero-order valence-electron chi connectivity index (χ0n) is 15.6. The minimum absolute atomic E-state index is 0.0646. The number of benzene rings is 1. The molecule has 2 aromatic heterocycles. The van der Waals surface area contributed by atoms with Crippen molar-refractivity contribution in [1.29, 1.82) is 0 Å². The van der Waals surface area contributed by atoms with E-state index in [4.69, 9.17) is 4.74 Å². The molecule has 3 aromatic rings. The largest absolute Gasteiger partial charge is 0.497 e. The van der Waals surface area contributed by atoms with Gasteiger partial charge in [0.05, 0.1) is 31.4 Å². The molecule has 0 spiro atoms. The fourth-order valence-electron chi connectivity index (χ4n) is 2.67. The fourth-order valence-corrected chi connectivity index (χ4v) is 3.51. The Balaban J connectivity index is 1.48. The Bertz CT molecular complexity index is 956. The second-order valence-corrected chi connectivity index (χ2v) is 7.18. The maximum absolute atomic E-state index is 12.3. The molecule has 9 heteroatoms. The SMILES string of the molecule is COc1cccc(Cc2cnc(NCCSCc3[nH]cnc3CO)[nH]c2=O)c1. The van der Waals surface area contributed by atoms with Crippen molar-refractivity contribution in [1.82, 2.24) is 19.9 Å². The number of hydrogen-bond acceptors (Lipinski definition) is 7. The van der Waals surface area contributed by atoms with Crippen molar-refractivity contribution in [3.05, 3.63) is 69.7 Å². The lowest BCUT2D eigenvalue weighted by Gasteiger charge is -2.07. The van der Waals surface area contributed by atoms with Crippen molar-refractivity contribution in [2.24, 2.45) is 0 Å². The molecular formula is C19H23N5O3S. The predicted octanol–water partition coefficient (Wildman–Crippen LogP) is 1.93. The first-order valence-electron chi connectivity index (χ1n) is 8.84. The summed E-state index contributed by atoms with van der Waals surface area (Å²) in [7, 11) is 1.62. The Morgan fingerprint density at radius 1 is 1.32 bits per heavy atom. The van der Waals surface area contributed by atoms with Crippen LogP contribution in [-0.2, 0) is 18.8 Å². The molecule has 0 unspecified atom stereocenters. The first-order valence-corrected chi connectivity index (χ1v) is 9.99. The van der Waals surface area contributed by atoms with Gasteiger partial charge in [0.25, 0.3) is 5.56 Å². The van der Waals surface area contributed by atoms with Crippen LogP contribution in [-0.4, -0.2) is 44.4 Å². The number of methoxy groups -OCH3 is 1. The van der Waals surface area contributed by atoms with E-state index >= 15 is 0 Å². The van der Waals surface area contributed by atoms with E-state index in [1.54, 1.807) is 31.4 Å². The van der Waals surface area contributed by atoms with E-state index in [0.717, 1.165) is 28.5 Å². The van der Waals surface area contributed by atoms with Gasteiger partial charge in [-0.2, -0.15) is 11.8 Å². The minimum atomic E-state index is -0.155. The molecule has 0 aliphatic rings. The van der Waals surface area contributed by atoms with Crippen LogP contribution in [0.4, 0.5) is 5.95 Å². The standard InChI is InChI=1S/C19H23N5O3S/c1-27-15-4-2-3-13(8-15)7-14-9-21-19(24-18(14)26)20-5-6-28-11-17-16(10-25)22-12-23-17/h2-4,8-9,12,25H,5-7,10-11H2,1H3,(H,22,23)(H2,20,21,24,26). The molecule has 0 radical (unpaired) electrons. The second kappa shape index (κ2) is 9.95. The number of aliphatic hydroxyl groups is 1. The number of rotatable bonds is 10. The molecule has 0 aliphatic carbocycles. The Hall–Kier alpha value is -2.78. The summed E-state index contributed by atoms with van der Waals surface area (Å²) in [5.41, 5.74) is 3.05. The summed E-state index contributed by atoms with van der Waals surface area (Å²) in [5, 5.41) is 12.3. The summed E-state index contributed by atoms with van der Waals surface area (Å²) < 4.78 is 5.21. The van der Waals surface area contributed by atoms with Crippen LogP contribution in [0.25, 0.3) is 0 Å². The van der Waals surface area contributed by atoms with Gasteiger partial charge in [-0.05, 0) is 17.7 Å². The van der Waals surface area contributed by atoms with Crippen LogP contribution in [0.15, 0.2) is 41.6 Å². The summed E-state index contributed by atoms with van der Waals surface area (Å²) >= 11 is 1.70. The van der Waals surface area contributed by atoms with Gasteiger partial charge in [-0.1, -0.05) is 12.1 Å². The Labute approximate surface area is 166 Å². The highest BCUT2D eigenvalue weighted by molar-refractivity contribution is 7.98. The lowest BCUT2D eigenvalue weighted by molar-refractivity contribution is 0.276. The topological polar surface area (TPSA) is 116 Å². The van der Waals surface area contributed by atoms with Gasteiger partial charge in [-0.15, -0.1) is 0 Å². The molecule has 0 bridgehead atoms. The average Bonchev–Trinajstić information content (AvgIpc) is 3.17. The molecule has 1 aromatic carbocycles. The second-order valence-electron chi connectivity index (χ2n) is 6.08. The number of hydrogen-bond donors (Lipinski definition) is 4. The van der Waals surface area contributed by atoms with Gasteiger partial charge >= 0.3 is 0 Å². The normalized spacial score (nSPS) is 10.8. The smallest absolute Gasteiger partial charge is 0.255 e. The van der Waals surface area contributed by atoms with E-state index in [-0.39, 0.29) is 12.2 Å². The van der Waals surface area contributed by atoms with Crippen molar-refractivity contribution in [2.45, 2.75) is 18.8 Å². The monoisotopic (exact) mass is 401 g/mol. The summed E-state index contributed by atoms with van der Waals surface area (Å²) in [4.78, 5) is 26.5. The van der Waals surface area contributed by atoms with E-state index < -0.39 is 0 Å². The predicted molar refractivity (Wildman–Crippen MR) is 110 cm³/mol. The maximum Gasteiger partial charge on any atom is 0.255 e. The Morgan fingerprint density at radius 3 is 3.00 bits per heavy atom. The number of imidazole rings is 1. The van der Waals surface area contributed by atoms with Crippen molar-refractivity contribution in [3.63, 3.8) is 0 Å². The quantitative estimate of drug-likeness (QED) is 0.384. The van der Waals surface area contributed by atoms with E-state index in [2.05, 4.69) is 25.3 Å². The van der Waals surface area contributed by atoms with Gasteiger partial charge in [0.1, 0.15) is 5.75 Å². The molecule has 0 aliphatic heterocycles. The summed E-state index contributed by atoms with van der Waals surface area (Å²) in [6.45, 7) is 0.594. The molecule has 0 saturated heterocycles. The summed E-state index contributed by atoms with van der Waals surface area (Å²) in [6.07, 6.45) is 3.68. The van der Waals surface area contributed by atoms with Crippen molar-refractivity contribution < 1.29 is 9.84 Å². The van der Waals surface area contributed by atoms with Crippen LogP contribution >= 0.6 is 11.8 Å². The number of aromatic nitrogens is 4. The third-order valence-corrected chi connectivity index (χ3v) is 5.13. The number of H-pyrrole nitrogens is 2. The minimum Gasteiger partial charge on any atom is -0.497 e. The summed E-state index contributed by atoms with van der Waals surface area (Å²) in [6, 6.07) is 7.63. The van der Waals surface area contributed by atoms with Crippen LogP contribution in [0.1, 0.15) is 22.5 Å². The Morgan fingerprint density at radius 2 is 2.21 bits per heavy atom. The number of ether oxygens (including phenoxy) is 1. The van der Waals surface area contributed by atoms with E-state index in [9.17, 15) is 9.90 Å². The molecular weight excluding hydrogens is 378 g/mol. The van der Waals surface area contributed by atoms with Crippen LogP contribution < -0.4 is 15.6 Å². The van der Waals surface area contributed by atoms with Gasteiger partial charge < -0.3 is 20.1 Å². The molecule has 4 N–H and O–H groups in total. The van der Waals surface area contributed by atoms with Crippen molar-refractivity contribution >= 4 is 17.7 Å². The highest BCUT2D eigenvalue weighted by Crippen LogP contribution is 2.15. The van der Waals surface area contributed by atoms with Crippen LogP contribution in [0.3, 0.4) is 0 Å². The molecule has 2 heterocycles. The van der Waals surface area contributed by atoms with Crippen molar-refractivity contribution in [3.8, 4) is 5.75 Å². The molecule has 3 rings (SSSR count). The third kappa shape index (κ3) is 5.37. The molecule has 8 nitrogen and oxygen atoms in total. The van der Waals surface area contributed by atoms with Crippen LogP contribution in [0, 0.1) is 0 Å². The molecule has 0 atom stereocenters. The number of nitrogens with zero attached hydrogens (tertiary/aromatic N) is 2. The zero-order valence-corrected chi connectivity index (χ0v) is 16.4. The molecule has 0 fully saturated rings. The van der Waals surface area contributed by atoms with Crippen LogP contribution in [0.5, 0.6) is 5.75 Å². The first-order chi connectivity index (χ1) is 13.7. The number of aliphatic hydroxyl groups excluding tert-OH is 1. The fraction of sp³-hybridized carbons (Fsp3) is 0.316. The molecule has 28 heavy (non-hydrogen) atoms. The van der Waals surface area contributed by atoms with Crippen LogP contribution in [0.2, 0.25) is 0 Å². The van der Waals surface area contributed by atoms with Gasteiger partial charge in [-0.25, -0.2) is 9.97 Å². The van der Waals surface area contributed by atoms with E-state index in [1.165, 1.54) is 0 Å². The molecule has 0 saturated carbocycles. The number of aromatic amines is 2. The number of anilines is 1. The molecule has 148 valence electrons. The molecule has 0 amide bonds. The average molecular weight is 401 g/mol. The van der Waals surface area contributed by atoms with Crippen molar-refractivity contribution in [2.75, 3.05) is 24.7 Å². The van der Waals surface area contributed by atoms with E-state index in [0.29, 0.717) is 30.2 Å². The van der Waals surface area contributed by atoms with Gasteiger partial charge in [-0.3, -0.25) is 9.78 Å². The van der Waals surface area contributed by atoms with Gasteiger partial charge in [0, 0.05) is 36.2 Å². The first kappa shape index (κ1) is 20.0. The lowest BCUT2D eigenvalue weighted by Crippen LogP contribution is -2.18. The number of nitrogens with one attached hydrogen (secondary N) is 3.